The Hall–Kier alpha value is -1.64. The topological polar surface area (TPSA) is 54.4 Å². The standard InChI is InChI=1S/C17H24O3/c1-12(18)16(2,3)10-13-7-6-8-14(9-13)11-17(4,5)15(19)20/h6-9H,10-11H2,1-5H3,(H,19,20). The molecule has 3 nitrogen and oxygen atoms in total. The molecule has 0 heterocycles. The van der Waals surface area contributed by atoms with Crippen LogP contribution in [0.3, 0.4) is 0 Å². The van der Waals surface area contributed by atoms with Gasteiger partial charge in [-0.3, -0.25) is 9.59 Å². The summed E-state index contributed by atoms with van der Waals surface area (Å²) in [6.45, 7) is 8.92. The zero-order valence-corrected chi connectivity index (χ0v) is 13.0. The normalized spacial score (nSPS) is 12.2. The monoisotopic (exact) mass is 276 g/mol. The van der Waals surface area contributed by atoms with E-state index in [4.69, 9.17) is 0 Å². The maximum Gasteiger partial charge on any atom is 0.309 e. The number of hydrogen-bond acceptors (Lipinski definition) is 2. The van der Waals surface area contributed by atoms with Crippen LogP contribution in [-0.4, -0.2) is 16.9 Å². The van der Waals surface area contributed by atoms with Crippen LogP contribution in [0, 0.1) is 10.8 Å². The van der Waals surface area contributed by atoms with Crippen LogP contribution in [0.4, 0.5) is 0 Å². The zero-order chi connectivity index (χ0) is 15.6. The van der Waals surface area contributed by atoms with Crippen LogP contribution in [0.25, 0.3) is 0 Å². The van der Waals surface area contributed by atoms with E-state index in [1.807, 2.05) is 38.1 Å². The van der Waals surface area contributed by atoms with Gasteiger partial charge in [0.1, 0.15) is 5.78 Å². The van der Waals surface area contributed by atoms with Gasteiger partial charge in [-0.1, -0.05) is 38.1 Å². The van der Waals surface area contributed by atoms with E-state index < -0.39 is 11.4 Å². The number of carboxylic acid groups (broad SMARTS) is 1. The Morgan fingerprint density at radius 3 is 1.85 bits per heavy atom. The number of Topliss-reactive ketones (excluding diaryl/α,β-unsaturated/α-hetero) is 1. The molecule has 0 unspecified atom stereocenters. The van der Waals surface area contributed by atoms with Crippen LogP contribution in [-0.2, 0) is 22.4 Å². The van der Waals surface area contributed by atoms with Gasteiger partial charge >= 0.3 is 5.97 Å². The molecule has 0 fully saturated rings. The summed E-state index contributed by atoms with van der Waals surface area (Å²) in [5.41, 5.74) is 0.897. The quantitative estimate of drug-likeness (QED) is 0.865. The lowest BCUT2D eigenvalue weighted by atomic mass is 9.81. The van der Waals surface area contributed by atoms with Crippen LogP contribution in [0.2, 0.25) is 0 Å². The molecule has 1 rings (SSSR count). The third-order valence-corrected chi connectivity index (χ3v) is 3.82. The van der Waals surface area contributed by atoms with Crippen LogP contribution >= 0.6 is 0 Å². The average Bonchev–Trinajstić information content (AvgIpc) is 2.27. The van der Waals surface area contributed by atoms with E-state index in [1.54, 1.807) is 20.8 Å². The van der Waals surface area contributed by atoms with Gasteiger partial charge in [-0.2, -0.15) is 0 Å². The van der Waals surface area contributed by atoms with Crippen molar-refractivity contribution in [3.05, 3.63) is 35.4 Å². The minimum atomic E-state index is -0.799. The number of carboxylic acids is 1. The molecule has 0 saturated carbocycles. The summed E-state index contributed by atoms with van der Waals surface area (Å²) in [4.78, 5) is 22.8. The van der Waals surface area contributed by atoms with Crippen molar-refractivity contribution in [3.63, 3.8) is 0 Å². The summed E-state index contributed by atoms with van der Waals surface area (Å²) >= 11 is 0. The van der Waals surface area contributed by atoms with E-state index in [0.717, 1.165) is 11.1 Å². The highest BCUT2D eigenvalue weighted by Crippen LogP contribution is 2.26. The SMILES string of the molecule is CC(=O)C(C)(C)Cc1cccc(CC(C)(C)C(=O)O)c1. The van der Waals surface area contributed by atoms with Crippen molar-refractivity contribution in [3.8, 4) is 0 Å². The molecule has 0 aliphatic heterocycles. The predicted octanol–water partition coefficient (Wildman–Crippen LogP) is 3.50. The summed E-state index contributed by atoms with van der Waals surface area (Å²) in [7, 11) is 0. The first-order valence-electron chi connectivity index (χ1n) is 6.87. The van der Waals surface area contributed by atoms with Crippen molar-refractivity contribution in [1.29, 1.82) is 0 Å². The molecule has 1 aromatic rings. The van der Waals surface area contributed by atoms with E-state index in [-0.39, 0.29) is 11.2 Å². The number of carbonyl (C=O) groups excluding carboxylic acids is 1. The number of carbonyl (C=O) groups is 2. The third kappa shape index (κ3) is 4.19. The van der Waals surface area contributed by atoms with E-state index in [0.29, 0.717) is 12.8 Å². The predicted molar refractivity (Wildman–Crippen MR) is 79.7 cm³/mol. The van der Waals surface area contributed by atoms with Gasteiger partial charge in [0.2, 0.25) is 0 Å². The maximum atomic E-state index is 11.6. The van der Waals surface area contributed by atoms with Gasteiger partial charge in [0, 0.05) is 5.41 Å². The highest BCUT2D eigenvalue weighted by Gasteiger charge is 2.28. The van der Waals surface area contributed by atoms with Gasteiger partial charge in [-0.05, 0) is 44.7 Å². The van der Waals surface area contributed by atoms with Gasteiger partial charge in [0.05, 0.1) is 5.41 Å². The smallest absolute Gasteiger partial charge is 0.309 e. The number of benzene rings is 1. The molecule has 3 heteroatoms. The average molecular weight is 276 g/mol. The Morgan fingerprint density at radius 2 is 1.45 bits per heavy atom. The summed E-state index contributed by atoms with van der Waals surface area (Å²) in [6.07, 6.45) is 1.15. The first-order valence-corrected chi connectivity index (χ1v) is 6.87. The van der Waals surface area contributed by atoms with Gasteiger partial charge < -0.3 is 5.11 Å². The second-order valence-electron chi connectivity index (χ2n) is 6.80. The highest BCUT2D eigenvalue weighted by atomic mass is 16.4. The molecule has 0 saturated heterocycles. The van der Waals surface area contributed by atoms with Crippen LogP contribution in [0.1, 0.15) is 45.7 Å². The zero-order valence-electron chi connectivity index (χ0n) is 13.0. The Bertz CT molecular complexity index is 469. The minimum Gasteiger partial charge on any atom is -0.481 e. The van der Waals surface area contributed by atoms with E-state index >= 15 is 0 Å². The molecule has 0 aromatic heterocycles. The number of hydrogen-bond donors (Lipinski definition) is 1. The van der Waals surface area contributed by atoms with Crippen LogP contribution in [0.5, 0.6) is 0 Å². The van der Waals surface area contributed by atoms with Crippen molar-refractivity contribution in [2.24, 2.45) is 10.8 Å². The molecule has 0 bridgehead atoms. The van der Waals surface area contributed by atoms with Crippen molar-refractivity contribution in [2.75, 3.05) is 0 Å². The molecule has 110 valence electrons. The van der Waals surface area contributed by atoms with Crippen LogP contribution < -0.4 is 0 Å². The second-order valence-corrected chi connectivity index (χ2v) is 6.80. The fourth-order valence-electron chi connectivity index (χ4n) is 2.07. The molecule has 0 radical (unpaired) electrons. The van der Waals surface area contributed by atoms with E-state index in [1.165, 1.54) is 0 Å². The molecule has 1 N–H and O–H groups in total. The fraction of sp³-hybridized carbons (Fsp3) is 0.529. The maximum absolute atomic E-state index is 11.6. The molecular formula is C17H24O3. The molecule has 1 aromatic carbocycles. The van der Waals surface area contributed by atoms with Crippen molar-refractivity contribution in [2.45, 2.75) is 47.5 Å². The lowest BCUT2D eigenvalue weighted by Gasteiger charge is -2.22. The third-order valence-electron chi connectivity index (χ3n) is 3.82. The van der Waals surface area contributed by atoms with E-state index in [2.05, 4.69) is 0 Å². The summed E-state index contributed by atoms with van der Waals surface area (Å²) in [6, 6.07) is 7.87. The molecule has 20 heavy (non-hydrogen) atoms. The highest BCUT2D eigenvalue weighted by molar-refractivity contribution is 5.81. The lowest BCUT2D eigenvalue weighted by Crippen LogP contribution is -2.26. The van der Waals surface area contributed by atoms with Crippen LogP contribution in [0.15, 0.2) is 24.3 Å². The fourth-order valence-corrected chi connectivity index (χ4v) is 2.07. The molecular weight excluding hydrogens is 252 g/mol. The summed E-state index contributed by atoms with van der Waals surface area (Å²) in [5.74, 6) is -0.638. The Labute approximate surface area is 121 Å². The first-order chi connectivity index (χ1) is 9.04. The Morgan fingerprint density at radius 1 is 1.00 bits per heavy atom. The van der Waals surface area contributed by atoms with E-state index in [9.17, 15) is 14.7 Å². The molecule has 0 aliphatic carbocycles. The lowest BCUT2D eigenvalue weighted by molar-refractivity contribution is -0.146. The summed E-state index contributed by atoms with van der Waals surface area (Å²) < 4.78 is 0. The first kappa shape index (κ1) is 16.4. The van der Waals surface area contributed by atoms with Gasteiger partial charge in [0.15, 0.2) is 0 Å². The molecule has 0 amide bonds. The molecule has 0 atom stereocenters. The van der Waals surface area contributed by atoms with Crippen molar-refractivity contribution >= 4 is 11.8 Å². The van der Waals surface area contributed by atoms with Crippen molar-refractivity contribution in [1.82, 2.24) is 0 Å². The minimum absolute atomic E-state index is 0.161. The Kier molecular flexibility index (Phi) is 4.74. The Balaban J connectivity index is 2.92. The summed E-state index contributed by atoms with van der Waals surface area (Å²) in [5, 5.41) is 9.19. The van der Waals surface area contributed by atoms with Gasteiger partial charge in [-0.25, -0.2) is 0 Å². The number of ketones is 1. The molecule has 0 spiro atoms. The number of aliphatic carboxylic acids is 1. The number of rotatable bonds is 6. The second kappa shape index (κ2) is 5.78. The molecule has 0 aliphatic rings. The van der Waals surface area contributed by atoms with Crippen molar-refractivity contribution < 1.29 is 14.7 Å². The van der Waals surface area contributed by atoms with Gasteiger partial charge in [-0.15, -0.1) is 0 Å². The largest absolute Gasteiger partial charge is 0.481 e. The van der Waals surface area contributed by atoms with Gasteiger partial charge in [0.25, 0.3) is 0 Å².